The molecule has 0 bridgehead atoms. The molecule has 0 spiro atoms. The molecule has 4 rings (SSSR count). The second-order valence-corrected chi connectivity index (χ2v) is 8.91. The number of carbonyl (C=O) groups excluding carboxylic acids is 2. The topological polar surface area (TPSA) is 91.6 Å². The lowest BCUT2D eigenvalue weighted by Gasteiger charge is -2.39. The van der Waals surface area contributed by atoms with Crippen molar-refractivity contribution >= 4 is 29.1 Å². The zero-order valence-electron chi connectivity index (χ0n) is 18.5. The fraction of sp³-hybridized carbons (Fsp3) is 0.320. The number of ketones is 1. The second-order valence-electron chi connectivity index (χ2n) is 8.47. The summed E-state index contributed by atoms with van der Waals surface area (Å²) in [7, 11) is 1.80. The molecule has 1 aromatic heterocycles. The average molecular weight is 466 g/mol. The van der Waals surface area contributed by atoms with Gasteiger partial charge in [0.15, 0.2) is 5.78 Å². The van der Waals surface area contributed by atoms with Crippen LogP contribution in [0.3, 0.4) is 0 Å². The predicted molar refractivity (Wildman–Crippen MR) is 131 cm³/mol. The van der Waals surface area contributed by atoms with E-state index >= 15 is 0 Å². The summed E-state index contributed by atoms with van der Waals surface area (Å²) in [5.74, 6) is -0.279. The van der Waals surface area contributed by atoms with Crippen molar-refractivity contribution in [1.82, 2.24) is 15.2 Å². The van der Waals surface area contributed by atoms with E-state index in [1.54, 1.807) is 72.9 Å². The molecule has 2 atom stereocenters. The van der Waals surface area contributed by atoms with Gasteiger partial charge in [-0.05, 0) is 49.2 Å². The molecule has 1 saturated heterocycles. The van der Waals surface area contributed by atoms with Crippen molar-refractivity contribution in [2.24, 2.45) is 5.73 Å². The maximum atomic E-state index is 13.2. The molecule has 2 unspecified atom stereocenters. The van der Waals surface area contributed by atoms with E-state index in [2.05, 4.69) is 15.2 Å². The number of benzene rings is 1. The summed E-state index contributed by atoms with van der Waals surface area (Å²) in [6.45, 7) is 1.71. The van der Waals surface area contributed by atoms with Gasteiger partial charge in [0.25, 0.3) is 0 Å². The van der Waals surface area contributed by atoms with Gasteiger partial charge in [-0.1, -0.05) is 35.9 Å². The number of aromatic nitrogens is 1. The smallest absolute Gasteiger partial charge is 0.317 e. The Hall–Kier alpha value is -3.16. The number of allylic oxidation sites excluding steroid dienone is 2. The Morgan fingerprint density at radius 3 is 2.45 bits per heavy atom. The summed E-state index contributed by atoms with van der Waals surface area (Å²) in [6.07, 6.45) is 12.2. The lowest BCUT2D eigenvalue weighted by Crippen LogP contribution is -2.63. The molecule has 2 amide bonds. The lowest BCUT2D eigenvalue weighted by molar-refractivity contribution is 0.0902. The molecule has 1 aromatic carbocycles. The van der Waals surface area contributed by atoms with Crippen molar-refractivity contribution in [1.29, 1.82) is 0 Å². The first-order valence-corrected chi connectivity index (χ1v) is 11.4. The first kappa shape index (κ1) is 23.0. The Morgan fingerprint density at radius 1 is 1.12 bits per heavy atom. The van der Waals surface area contributed by atoms with Gasteiger partial charge in [-0.2, -0.15) is 0 Å². The van der Waals surface area contributed by atoms with Crippen molar-refractivity contribution in [2.75, 3.05) is 25.0 Å². The van der Waals surface area contributed by atoms with Gasteiger partial charge in [-0.3, -0.25) is 9.78 Å². The highest BCUT2D eigenvalue weighted by Crippen LogP contribution is 2.24. The molecule has 172 valence electrons. The van der Waals surface area contributed by atoms with Crippen LogP contribution in [0.2, 0.25) is 5.02 Å². The predicted octanol–water partition coefficient (Wildman–Crippen LogP) is 3.42. The summed E-state index contributed by atoms with van der Waals surface area (Å²) in [5, 5.41) is 3.51. The number of Topliss-reactive ketones (excluding diaryl/α,β-unsaturated/α-hetero) is 1. The maximum absolute atomic E-state index is 13.2. The second kappa shape index (κ2) is 9.77. The van der Waals surface area contributed by atoms with Crippen molar-refractivity contribution in [3.63, 3.8) is 0 Å². The fourth-order valence-corrected chi connectivity index (χ4v) is 4.48. The van der Waals surface area contributed by atoms with E-state index < -0.39 is 11.6 Å². The molecule has 1 aliphatic heterocycles. The molecule has 2 heterocycles. The Morgan fingerprint density at radius 2 is 1.79 bits per heavy atom. The Labute approximate surface area is 198 Å². The average Bonchev–Trinajstić information content (AvgIpc) is 2.85. The highest BCUT2D eigenvalue weighted by Gasteiger charge is 2.41. The van der Waals surface area contributed by atoms with Crippen molar-refractivity contribution in [3.8, 4) is 0 Å². The summed E-state index contributed by atoms with van der Waals surface area (Å²) in [4.78, 5) is 34.4. The van der Waals surface area contributed by atoms with E-state index in [1.807, 2.05) is 12.1 Å². The number of urea groups is 1. The molecule has 8 heteroatoms. The third-order valence-corrected chi connectivity index (χ3v) is 6.69. The number of hydrogen-bond acceptors (Lipinski definition) is 5. The number of rotatable bonds is 5. The van der Waals surface area contributed by atoms with Crippen LogP contribution >= 0.6 is 11.6 Å². The minimum Gasteiger partial charge on any atom is -0.371 e. The largest absolute Gasteiger partial charge is 0.371 e. The Kier molecular flexibility index (Phi) is 6.81. The number of piperidine rings is 1. The number of anilines is 1. The van der Waals surface area contributed by atoms with Crippen LogP contribution in [0.25, 0.3) is 0 Å². The van der Waals surface area contributed by atoms with E-state index in [0.717, 1.165) is 31.6 Å². The van der Waals surface area contributed by atoms with Gasteiger partial charge in [-0.25, -0.2) is 4.79 Å². The highest BCUT2D eigenvalue weighted by molar-refractivity contribution is 6.30. The molecule has 1 aliphatic carbocycles. The highest BCUT2D eigenvalue weighted by atomic mass is 35.5. The lowest BCUT2D eigenvalue weighted by atomic mass is 9.80. The molecular weight excluding hydrogens is 438 g/mol. The third-order valence-electron chi connectivity index (χ3n) is 6.44. The van der Waals surface area contributed by atoms with E-state index in [9.17, 15) is 9.59 Å². The van der Waals surface area contributed by atoms with Crippen molar-refractivity contribution in [2.45, 2.75) is 30.5 Å². The monoisotopic (exact) mass is 465 g/mol. The number of nitrogens with zero attached hydrogens (tertiary/aromatic N) is 3. The van der Waals surface area contributed by atoms with E-state index in [4.69, 9.17) is 17.3 Å². The van der Waals surface area contributed by atoms with Crippen LogP contribution in [0.5, 0.6) is 0 Å². The van der Waals surface area contributed by atoms with Crippen molar-refractivity contribution in [3.05, 3.63) is 83.7 Å². The molecular formula is C25H28ClN5O2. The van der Waals surface area contributed by atoms with Crippen molar-refractivity contribution < 1.29 is 9.59 Å². The van der Waals surface area contributed by atoms with Gasteiger partial charge in [0.1, 0.15) is 5.54 Å². The van der Waals surface area contributed by atoms with Gasteiger partial charge in [0.2, 0.25) is 0 Å². The number of nitrogens with one attached hydrogen (secondary N) is 1. The van der Waals surface area contributed by atoms with Gasteiger partial charge in [0, 0.05) is 54.8 Å². The molecule has 7 nitrogen and oxygen atoms in total. The Bertz CT molecular complexity index is 1050. The van der Waals surface area contributed by atoms with Crippen LogP contribution in [0.4, 0.5) is 10.5 Å². The maximum Gasteiger partial charge on any atom is 0.317 e. The number of nitrogens with two attached hydrogens (primary N) is 1. The first-order chi connectivity index (χ1) is 15.9. The third kappa shape index (κ3) is 4.94. The number of amides is 2. The van der Waals surface area contributed by atoms with Crippen LogP contribution < -0.4 is 16.0 Å². The number of carbonyl (C=O) groups is 2. The standard InChI is InChI=1S/C25H28ClN5O2/c1-30(20-11-16-31(17-12-20)21-9-14-28-15-10-21)24(33)29-22-4-2-3-13-25(22,27)23(32)18-5-7-19(26)8-6-18/h2-10,13-15,20,22H,11-12,16-17,27H2,1H3,(H,29,33). The summed E-state index contributed by atoms with van der Waals surface area (Å²) in [5.41, 5.74) is 6.76. The molecule has 0 radical (unpaired) electrons. The molecule has 3 N–H and O–H groups in total. The van der Waals surface area contributed by atoms with Gasteiger partial charge in [-0.15, -0.1) is 0 Å². The summed E-state index contributed by atoms with van der Waals surface area (Å²) >= 11 is 5.95. The van der Waals surface area contributed by atoms with Crippen LogP contribution in [0.15, 0.2) is 73.1 Å². The van der Waals surface area contributed by atoms with E-state index in [-0.39, 0.29) is 17.9 Å². The molecule has 1 fully saturated rings. The first-order valence-electron chi connectivity index (χ1n) is 11.0. The van der Waals surface area contributed by atoms with Crippen LogP contribution in [0.1, 0.15) is 23.2 Å². The summed E-state index contributed by atoms with van der Waals surface area (Å²) < 4.78 is 0. The van der Waals surface area contributed by atoms with E-state index in [1.165, 1.54) is 0 Å². The zero-order valence-corrected chi connectivity index (χ0v) is 19.3. The number of hydrogen-bond donors (Lipinski definition) is 2. The van der Waals surface area contributed by atoms with Crippen LogP contribution in [0, 0.1) is 0 Å². The summed E-state index contributed by atoms with van der Waals surface area (Å²) in [6, 6.07) is 9.78. The minimum absolute atomic E-state index is 0.102. The van der Waals surface area contributed by atoms with Crippen LogP contribution in [-0.2, 0) is 0 Å². The Balaban J connectivity index is 1.40. The SMILES string of the molecule is CN(C(=O)NC1C=CC=CC1(N)C(=O)c1ccc(Cl)cc1)C1CCN(c2ccncc2)CC1. The van der Waals surface area contributed by atoms with Gasteiger partial charge in [0.05, 0.1) is 6.04 Å². The quantitative estimate of drug-likeness (QED) is 0.660. The number of pyridine rings is 1. The molecule has 0 saturated carbocycles. The molecule has 33 heavy (non-hydrogen) atoms. The zero-order chi connectivity index (χ0) is 23.4. The van der Waals surface area contributed by atoms with E-state index in [0.29, 0.717) is 10.6 Å². The number of halogens is 1. The normalized spacial score (nSPS) is 22.8. The van der Waals surface area contributed by atoms with Gasteiger partial charge < -0.3 is 20.9 Å². The van der Waals surface area contributed by atoms with Gasteiger partial charge >= 0.3 is 6.03 Å². The van der Waals surface area contributed by atoms with Crippen LogP contribution in [-0.4, -0.2) is 59.5 Å². The molecule has 2 aliphatic rings. The fourth-order valence-electron chi connectivity index (χ4n) is 4.36. The molecule has 2 aromatic rings. The minimum atomic E-state index is -1.39.